The smallest absolute Gasteiger partial charge is 0.410 e. The molecule has 0 saturated carbocycles. The molecule has 5 nitrogen and oxygen atoms in total. The number of carbonyl (C=O) groups excluding carboxylic acids is 1. The lowest BCUT2D eigenvalue weighted by molar-refractivity contribution is 0.0204. The standard InChI is InChI=1S/C16H24FN3O2/c1-16(2,3)22-15(21)20-8-6-10(7-9-20)11-4-5-12(18)14(19)13(11)17/h4-5,10H,6-9,18-19H2,1-3H3. The quantitative estimate of drug-likeness (QED) is 0.781. The molecule has 1 fully saturated rings. The number of hydrogen-bond acceptors (Lipinski definition) is 4. The van der Waals surface area contributed by atoms with Crippen molar-refractivity contribution in [3.63, 3.8) is 0 Å². The van der Waals surface area contributed by atoms with Crippen LogP contribution in [0.15, 0.2) is 12.1 Å². The highest BCUT2D eigenvalue weighted by Crippen LogP contribution is 2.34. The second-order valence-corrected chi connectivity index (χ2v) is 6.71. The third-order valence-corrected chi connectivity index (χ3v) is 3.83. The van der Waals surface area contributed by atoms with Crippen LogP contribution in [-0.4, -0.2) is 29.7 Å². The molecule has 122 valence electrons. The van der Waals surface area contributed by atoms with E-state index in [4.69, 9.17) is 16.2 Å². The Balaban J connectivity index is 2.01. The van der Waals surface area contributed by atoms with Gasteiger partial charge in [0.15, 0.2) is 5.82 Å². The van der Waals surface area contributed by atoms with Gasteiger partial charge in [0, 0.05) is 13.1 Å². The number of likely N-dealkylation sites (tertiary alicyclic amines) is 1. The van der Waals surface area contributed by atoms with E-state index in [0.29, 0.717) is 31.5 Å². The van der Waals surface area contributed by atoms with Gasteiger partial charge < -0.3 is 21.1 Å². The van der Waals surface area contributed by atoms with Gasteiger partial charge in [-0.3, -0.25) is 0 Å². The van der Waals surface area contributed by atoms with Gasteiger partial charge in [-0.2, -0.15) is 0 Å². The van der Waals surface area contributed by atoms with Gasteiger partial charge in [-0.1, -0.05) is 6.07 Å². The van der Waals surface area contributed by atoms with Crippen LogP contribution >= 0.6 is 0 Å². The third kappa shape index (κ3) is 3.61. The molecule has 1 aliphatic heterocycles. The minimum Gasteiger partial charge on any atom is -0.444 e. The number of halogens is 1. The van der Waals surface area contributed by atoms with Gasteiger partial charge >= 0.3 is 6.09 Å². The van der Waals surface area contributed by atoms with Crippen LogP contribution in [-0.2, 0) is 4.74 Å². The normalized spacial score (nSPS) is 16.6. The molecule has 0 bridgehead atoms. The molecule has 1 aromatic carbocycles. The molecular weight excluding hydrogens is 285 g/mol. The number of anilines is 2. The van der Waals surface area contributed by atoms with Crippen molar-refractivity contribution >= 4 is 17.5 Å². The van der Waals surface area contributed by atoms with Crippen molar-refractivity contribution in [2.45, 2.75) is 45.1 Å². The fraction of sp³-hybridized carbons (Fsp3) is 0.562. The molecule has 0 spiro atoms. The number of nitrogen functional groups attached to an aromatic ring is 2. The van der Waals surface area contributed by atoms with Crippen LogP contribution in [0.4, 0.5) is 20.6 Å². The summed E-state index contributed by atoms with van der Waals surface area (Å²) in [5.41, 5.74) is 11.6. The minimum atomic E-state index is -0.508. The molecule has 0 radical (unpaired) electrons. The Morgan fingerprint density at radius 2 is 1.86 bits per heavy atom. The molecule has 0 unspecified atom stereocenters. The summed E-state index contributed by atoms with van der Waals surface area (Å²) in [6.45, 7) is 6.60. The number of ether oxygens (including phenoxy) is 1. The maximum Gasteiger partial charge on any atom is 0.410 e. The Kier molecular flexibility index (Phi) is 4.49. The summed E-state index contributed by atoms with van der Waals surface area (Å²) >= 11 is 0. The highest BCUT2D eigenvalue weighted by molar-refractivity contribution is 5.68. The van der Waals surface area contributed by atoms with Crippen LogP contribution in [0.5, 0.6) is 0 Å². The van der Waals surface area contributed by atoms with Crippen LogP contribution in [0.1, 0.15) is 45.1 Å². The molecule has 6 heteroatoms. The van der Waals surface area contributed by atoms with E-state index in [9.17, 15) is 9.18 Å². The summed E-state index contributed by atoms with van der Waals surface area (Å²) in [5, 5.41) is 0. The van der Waals surface area contributed by atoms with Gasteiger partial charge in [-0.25, -0.2) is 9.18 Å². The summed E-state index contributed by atoms with van der Waals surface area (Å²) in [7, 11) is 0. The molecule has 22 heavy (non-hydrogen) atoms. The van der Waals surface area contributed by atoms with Crippen molar-refractivity contribution in [2.24, 2.45) is 0 Å². The minimum absolute atomic E-state index is 0.00655. The lowest BCUT2D eigenvalue weighted by Crippen LogP contribution is -2.41. The van der Waals surface area contributed by atoms with E-state index >= 15 is 0 Å². The predicted octanol–water partition coefficient (Wildman–Crippen LogP) is 3.10. The third-order valence-electron chi connectivity index (χ3n) is 3.83. The topological polar surface area (TPSA) is 81.6 Å². The first-order valence-electron chi connectivity index (χ1n) is 7.50. The average Bonchev–Trinajstić information content (AvgIpc) is 2.43. The SMILES string of the molecule is CC(C)(C)OC(=O)N1CCC(c2ccc(N)c(N)c2F)CC1. The number of benzene rings is 1. The molecular formula is C16H24FN3O2. The molecule has 2 rings (SSSR count). The van der Waals surface area contributed by atoms with Crippen LogP contribution < -0.4 is 11.5 Å². The lowest BCUT2D eigenvalue weighted by atomic mass is 9.88. The second kappa shape index (κ2) is 6.02. The highest BCUT2D eigenvalue weighted by Gasteiger charge is 2.29. The summed E-state index contributed by atoms with van der Waals surface area (Å²) in [4.78, 5) is 13.7. The number of nitrogens with two attached hydrogens (primary N) is 2. The molecule has 0 atom stereocenters. The Labute approximate surface area is 130 Å². The first-order valence-corrected chi connectivity index (χ1v) is 7.50. The maximum atomic E-state index is 14.2. The molecule has 0 aromatic heterocycles. The molecule has 1 amide bonds. The van der Waals surface area contributed by atoms with Gasteiger partial charge in [0.25, 0.3) is 0 Å². The monoisotopic (exact) mass is 309 g/mol. The molecule has 1 aliphatic rings. The zero-order valence-corrected chi connectivity index (χ0v) is 13.4. The second-order valence-electron chi connectivity index (χ2n) is 6.71. The van der Waals surface area contributed by atoms with E-state index in [2.05, 4.69) is 0 Å². The number of rotatable bonds is 1. The van der Waals surface area contributed by atoms with Crippen LogP contribution in [0, 0.1) is 5.82 Å². The average molecular weight is 309 g/mol. The first-order chi connectivity index (χ1) is 10.2. The van der Waals surface area contributed by atoms with Crippen LogP contribution in [0.2, 0.25) is 0 Å². The number of piperidine rings is 1. The summed E-state index contributed by atoms with van der Waals surface area (Å²) in [6, 6.07) is 3.32. The number of hydrogen-bond donors (Lipinski definition) is 2. The van der Waals surface area contributed by atoms with E-state index in [1.165, 1.54) is 0 Å². The first kappa shape index (κ1) is 16.4. The van der Waals surface area contributed by atoms with Gasteiger partial charge in [0.1, 0.15) is 5.60 Å². The molecule has 1 heterocycles. The van der Waals surface area contributed by atoms with E-state index in [1.807, 2.05) is 20.8 Å². The Hall–Kier alpha value is -1.98. The summed E-state index contributed by atoms with van der Waals surface area (Å²) in [5.74, 6) is -0.391. The fourth-order valence-corrected chi connectivity index (χ4v) is 2.64. The van der Waals surface area contributed by atoms with E-state index < -0.39 is 11.4 Å². The van der Waals surface area contributed by atoms with Crippen molar-refractivity contribution in [1.82, 2.24) is 4.90 Å². The van der Waals surface area contributed by atoms with E-state index in [0.717, 1.165) is 0 Å². The van der Waals surface area contributed by atoms with Gasteiger partial charge in [-0.05, 0) is 51.2 Å². The predicted molar refractivity (Wildman–Crippen MR) is 85.0 cm³/mol. The van der Waals surface area contributed by atoms with Crippen molar-refractivity contribution < 1.29 is 13.9 Å². The Bertz CT molecular complexity index is 561. The fourth-order valence-electron chi connectivity index (χ4n) is 2.64. The molecule has 1 saturated heterocycles. The maximum absolute atomic E-state index is 14.2. The number of nitrogens with zero attached hydrogens (tertiary/aromatic N) is 1. The molecule has 0 aliphatic carbocycles. The van der Waals surface area contributed by atoms with Crippen molar-refractivity contribution in [3.8, 4) is 0 Å². The molecule has 1 aromatic rings. The van der Waals surface area contributed by atoms with Crippen molar-refractivity contribution in [3.05, 3.63) is 23.5 Å². The lowest BCUT2D eigenvalue weighted by Gasteiger charge is -2.33. The zero-order chi connectivity index (χ0) is 16.5. The molecule has 4 N–H and O–H groups in total. The van der Waals surface area contributed by atoms with Gasteiger partial charge in [-0.15, -0.1) is 0 Å². The van der Waals surface area contributed by atoms with E-state index in [-0.39, 0.29) is 23.4 Å². The Morgan fingerprint density at radius 3 is 2.41 bits per heavy atom. The summed E-state index contributed by atoms with van der Waals surface area (Å²) in [6.07, 6.45) is 1.04. The van der Waals surface area contributed by atoms with Crippen LogP contribution in [0.25, 0.3) is 0 Å². The largest absolute Gasteiger partial charge is 0.444 e. The van der Waals surface area contributed by atoms with E-state index in [1.54, 1.807) is 17.0 Å². The van der Waals surface area contributed by atoms with Crippen molar-refractivity contribution in [1.29, 1.82) is 0 Å². The summed E-state index contributed by atoms with van der Waals surface area (Å²) < 4.78 is 19.6. The van der Waals surface area contributed by atoms with Gasteiger partial charge in [0.05, 0.1) is 11.4 Å². The Morgan fingerprint density at radius 1 is 1.27 bits per heavy atom. The van der Waals surface area contributed by atoms with Crippen molar-refractivity contribution in [2.75, 3.05) is 24.6 Å². The van der Waals surface area contributed by atoms with Crippen LogP contribution in [0.3, 0.4) is 0 Å². The number of amides is 1. The highest BCUT2D eigenvalue weighted by atomic mass is 19.1. The van der Waals surface area contributed by atoms with Gasteiger partial charge in [0.2, 0.25) is 0 Å². The number of carbonyl (C=O) groups is 1. The zero-order valence-electron chi connectivity index (χ0n) is 13.4.